The first-order valence-electron chi connectivity index (χ1n) is 8.53. The zero-order valence-electron chi connectivity index (χ0n) is 15.0. The molecule has 0 N–H and O–H groups in total. The lowest BCUT2D eigenvalue weighted by molar-refractivity contribution is 0.0984. The van der Waals surface area contributed by atoms with E-state index in [9.17, 15) is 13.2 Å². The molecule has 2 aromatic heterocycles. The summed E-state index contributed by atoms with van der Waals surface area (Å²) in [6.07, 6.45) is 10.1. The summed E-state index contributed by atoms with van der Waals surface area (Å²) in [5, 5.41) is -0.303. The van der Waals surface area contributed by atoms with Crippen molar-refractivity contribution in [3.63, 3.8) is 0 Å². The van der Waals surface area contributed by atoms with Crippen LogP contribution in [0.15, 0.2) is 48.8 Å². The Kier molecular flexibility index (Phi) is 5.62. The second kappa shape index (κ2) is 7.78. The number of rotatable bonds is 6. The summed E-state index contributed by atoms with van der Waals surface area (Å²) in [6, 6.07) is 3.50. The van der Waals surface area contributed by atoms with E-state index in [0.29, 0.717) is 16.5 Å². The highest BCUT2D eigenvalue weighted by molar-refractivity contribution is 7.92. The fraction of sp³-hybridized carbons (Fsp3) is 0.316. The molecule has 142 valence electrons. The molecule has 0 amide bonds. The average Bonchev–Trinajstić information content (AvgIpc) is 3.02. The van der Waals surface area contributed by atoms with Crippen molar-refractivity contribution in [2.75, 3.05) is 5.75 Å². The molecule has 0 radical (unpaired) electrons. The third kappa shape index (κ3) is 4.20. The van der Waals surface area contributed by atoms with Crippen molar-refractivity contribution in [1.82, 2.24) is 14.5 Å². The molecule has 1 aliphatic carbocycles. The summed E-state index contributed by atoms with van der Waals surface area (Å²) >= 11 is 6.10. The van der Waals surface area contributed by atoms with Gasteiger partial charge < -0.3 is 4.57 Å². The third-order valence-electron chi connectivity index (χ3n) is 4.54. The van der Waals surface area contributed by atoms with Gasteiger partial charge in [0, 0.05) is 25.9 Å². The van der Waals surface area contributed by atoms with Crippen LogP contribution in [-0.4, -0.2) is 39.7 Å². The minimum absolute atomic E-state index is 0.107. The summed E-state index contributed by atoms with van der Waals surface area (Å²) in [4.78, 5) is 20.9. The summed E-state index contributed by atoms with van der Waals surface area (Å²) in [5.74, 6) is -0.126. The van der Waals surface area contributed by atoms with Gasteiger partial charge >= 0.3 is 0 Å². The number of aromatic nitrogens is 3. The molecule has 2 aromatic rings. The first-order valence-corrected chi connectivity index (χ1v) is 10.6. The van der Waals surface area contributed by atoms with Crippen molar-refractivity contribution < 1.29 is 13.2 Å². The highest BCUT2D eigenvalue weighted by Crippen LogP contribution is 2.25. The smallest absolute Gasteiger partial charge is 0.183 e. The Labute approximate surface area is 163 Å². The number of aryl methyl sites for hydroxylation is 1. The number of hydrogen-bond acceptors (Lipinski definition) is 5. The molecule has 0 saturated carbocycles. The van der Waals surface area contributed by atoms with Crippen molar-refractivity contribution in [3.05, 3.63) is 59.7 Å². The summed E-state index contributed by atoms with van der Waals surface area (Å²) in [7, 11) is -1.67. The lowest BCUT2D eigenvalue weighted by atomic mass is 10.0. The molecule has 2 atom stereocenters. The van der Waals surface area contributed by atoms with Gasteiger partial charge in [0.05, 0.1) is 16.6 Å². The number of carbonyl (C=O) groups is 1. The second-order valence-electron chi connectivity index (χ2n) is 6.54. The van der Waals surface area contributed by atoms with Crippen LogP contribution in [0.4, 0.5) is 0 Å². The van der Waals surface area contributed by atoms with Crippen LogP contribution >= 0.6 is 11.6 Å². The van der Waals surface area contributed by atoms with E-state index in [4.69, 9.17) is 11.6 Å². The third-order valence-corrected chi connectivity index (χ3v) is 7.03. The molecule has 0 spiro atoms. The van der Waals surface area contributed by atoms with Crippen molar-refractivity contribution in [2.24, 2.45) is 13.0 Å². The number of allylic oxidation sites excluding steroid dienone is 3. The van der Waals surface area contributed by atoms with Gasteiger partial charge in [0.25, 0.3) is 0 Å². The lowest BCUT2D eigenvalue weighted by Crippen LogP contribution is -2.29. The van der Waals surface area contributed by atoms with Gasteiger partial charge in [-0.2, -0.15) is 0 Å². The van der Waals surface area contributed by atoms with Crippen LogP contribution in [0.1, 0.15) is 23.8 Å². The van der Waals surface area contributed by atoms with Crippen LogP contribution < -0.4 is 0 Å². The zero-order valence-corrected chi connectivity index (χ0v) is 16.6. The summed E-state index contributed by atoms with van der Waals surface area (Å²) in [6.45, 7) is 1.85. The normalized spacial score (nSPS) is 19.4. The van der Waals surface area contributed by atoms with E-state index in [1.165, 1.54) is 0 Å². The number of pyridine rings is 1. The molecule has 0 saturated heterocycles. The molecule has 0 aliphatic heterocycles. The average molecular weight is 406 g/mol. The maximum atomic E-state index is 12.6. The maximum Gasteiger partial charge on any atom is 0.183 e. The Morgan fingerprint density at radius 3 is 2.74 bits per heavy atom. The van der Waals surface area contributed by atoms with E-state index >= 15 is 0 Å². The van der Waals surface area contributed by atoms with Crippen LogP contribution in [0.5, 0.6) is 0 Å². The van der Waals surface area contributed by atoms with E-state index < -0.39 is 15.1 Å². The molecule has 1 aliphatic rings. The Bertz CT molecular complexity index is 1020. The molecule has 8 heteroatoms. The topological polar surface area (TPSA) is 81.9 Å². The zero-order chi connectivity index (χ0) is 19.6. The van der Waals surface area contributed by atoms with Crippen molar-refractivity contribution in [3.8, 4) is 11.4 Å². The van der Waals surface area contributed by atoms with Crippen LogP contribution in [-0.2, 0) is 16.9 Å². The Morgan fingerprint density at radius 1 is 1.30 bits per heavy atom. The fourth-order valence-electron chi connectivity index (χ4n) is 3.05. The van der Waals surface area contributed by atoms with Crippen LogP contribution in [0.25, 0.3) is 11.4 Å². The number of halogens is 1. The van der Waals surface area contributed by atoms with E-state index in [2.05, 4.69) is 9.97 Å². The Morgan fingerprint density at radius 2 is 2.04 bits per heavy atom. The number of hydrogen-bond donors (Lipinski definition) is 0. The monoisotopic (exact) mass is 405 g/mol. The molecule has 0 bridgehead atoms. The summed E-state index contributed by atoms with van der Waals surface area (Å²) < 4.78 is 26.8. The number of carbonyl (C=O) groups excluding carboxylic acids is 1. The molecular formula is C19H20ClN3O3S. The first kappa shape index (κ1) is 19.5. The molecule has 2 unspecified atom stereocenters. The quantitative estimate of drug-likeness (QED) is 0.544. The predicted molar refractivity (Wildman–Crippen MR) is 105 cm³/mol. The molecule has 2 heterocycles. The standard InChI is InChI=1S/C19H20ClN3O3S/c1-13-6-3-4-8-17(13)27(25,26)11-9-16(24)15-12-23(2)19(22-15)14-7-5-10-21-18(14)20/h3-8,10,12-13,17H,9,11H2,1-2H3. The fourth-order valence-corrected chi connectivity index (χ4v) is 5.07. The molecule has 6 nitrogen and oxygen atoms in total. The number of imidazole rings is 1. The number of sulfone groups is 1. The van der Waals surface area contributed by atoms with Gasteiger partial charge in [-0.25, -0.2) is 18.4 Å². The van der Waals surface area contributed by atoms with E-state index in [-0.39, 0.29) is 29.6 Å². The minimum Gasteiger partial charge on any atom is -0.333 e. The van der Waals surface area contributed by atoms with Crippen molar-refractivity contribution in [2.45, 2.75) is 18.6 Å². The van der Waals surface area contributed by atoms with Crippen molar-refractivity contribution >= 4 is 27.2 Å². The predicted octanol–water partition coefficient (Wildman–Crippen LogP) is 3.25. The number of ketones is 1. The van der Waals surface area contributed by atoms with E-state index in [0.717, 1.165) is 0 Å². The van der Waals surface area contributed by atoms with Crippen LogP contribution in [0.3, 0.4) is 0 Å². The van der Waals surface area contributed by atoms with Gasteiger partial charge in [-0.1, -0.05) is 42.8 Å². The van der Waals surface area contributed by atoms with Crippen molar-refractivity contribution in [1.29, 1.82) is 0 Å². The second-order valence-corrected chi connectivity index (χ2v) is 9.17. The van der Waals surface area contributed by atoms with Crippen LogP contribution in [0.2, 0.25) is 5.15 Å². The summed E-state index contributed by atoms with van der Waals surface area (Å²) in [5.41, 5.74) is 0.830. The largest absolute Gasteiger partial charge is 0.333 e. The minimum atomic E-state index is -3.42. The highest BCUT2D eigenvalue weighted by Gasteiger charge is 2.29. The molecule has 27 heavy (non-hydrogen) atoms. The SMILES string of the molecule is CC1C=CC=CC1S(=O)(=O)CCC(=O)c1cn(C)c(-c2cccnc2Cl)n1. The Balaban J connectivity index is 1.74. The van der Waals surface area contributed by atoms with Gasteiger partial charge in [-0.05, 0) is 18.1 Å². The lowest BCUT2D eigenvalue weighted by Gasteiger charge is -2.20. The number of Topliss-reactive ketones (excluding diaryl/α,β-unsaturated/α-hetero) is 1. The molecule has 0 aromatic carbocycles. The highest BCUT2D eigenvalue weighted by atomic mass is 35.5. The first-order chi connectivity index (χ1) is 12.8. The van der Waals surface area contributed by atoms with E-state index in [1.807, 2.05) is 19.1 Å². The van der Waals surface area contributed by atoms with Crippen LogP contribution in [0, 0.1) is 5.92 Å². The molecule has 0 fully saturated rings. The molecule has 3 rings (SSSR count). The van der Waals surface area contributed by atoms with Gasteiger partial charge in [0.2, 0.25) is 0 Å². The van der Waals surface area contributed by atoms with E-state index in [1.54, 1.807) is 48.3 Å². The molecular weight excluding hydrogens is 386 g/mol. The number of nitrogens with zero attached hydrogens (tertiary/aromatic N) is 3. The maximum absolute atomic E-state index is 12.6. The Hall–Kier alpha value is -2.25. The van der Waals surface area contributed by atoms with Gasteiger partial charge in [0.1, 0.15) is 16.7 Å². The van der Waals surface area contributed by atoms with Gasteiger partial charge in [-0.3, -0.25) is 4.79 Å². The van der Waals surface area contributed by atoms with Gasteiger partial charge in [0.15, 0.2) is 15.6 Å². The van der Waals surface area contributed by atoms with Gasteiger partial charge in [-0.15, -0.1) is 0 Å².